The van der Waals surface area contributed by atoms with Crippen LogP contribution in [0.2, 0.25) is 0 Å². The van der Waals surface area contributed by atoms with E-state index in [0.29, 0.717) is 4.47 Å². The molecule has 0 radical (unpaired) electrons. The summed E-state index contributed by atoms with van der Waals surface area (Å²) < 4.78 is 39.7. The topological polar surface area (TPSA) is 77.0 Å². The minimum Gasteiger partial charge on any atom is -0.446 e. The molecule has 0 saturated carbocycles. The maximum absolute atomic E-state index is 13.0. The first-order valence-corrected chi connectivity index (χ1v) is 6.24. The maximum Gasteiger partial charge on any atom is 0.586 e. The monoisotopic (exact) mass is 353 g/mol. The summed E-state index contributed by atoms with van der Waals surface area (Å²) in [6.07, 6.45) is -5.90. The number of alkyl halides is 2. The van der Waals surface area contributed by atoms with Crippen LogP contribution in [0.25, 0.3) is 0 Å². The lowest BCUT2D eigenvalue weighted by molar-refractivity contribution is -0.287. The zero-order chi connectivity index (χ0) is 14.9. The Balaban J connectivity index is 2.24. The number of carbonyl (C=O) groups is 1. The van der Waals surface area contributed by atoms with Crippen molar-refractivity contribution in [1.82, 2.24) is 5.32 Å². The molecule has 2 rings (SSSR count). The van der Waals surface area contributed by atoms with Gasteiger partial charge >= 0.3 is 12.4 Å². The summed E-state index contributed by atoms with van der Waals surface area (Å²) in [5.74, 6) is -0.496. The average Bonchev–Trinajstić information content (AvgIpc) is 2.69. The molecule has 20 heavy (non-hydrogen) atoms. The number of aliphatic hydroxyl groups is 1. The molecule has 0 saturated heterocycles. The normalized spacial score (nSPS) is 16.6. The Hall–Kier alpha value is -1.61. The first-order valence-electron chi connectivity index (χ1n) is 5.45. The van der Waals surface area contributed by atoms with Gasteiger partial charge in [-0.25, -0.2) is 4.79 Å². The lowest BCUT2D eigenvalue weighted by Crippen LogP contribution is -2.26. The Morgan fingerprint density at radius 1 is 1.55 bits per heavy atom. The predicted molar refractivity (Wildman–Crippen MR) is 65.7 cm³/mol. The van der Waals surface area contributed by atoms with E-state index in [-0.39, 0.29) is 17.1 Å². The molecule has 1 amide bonds. The minimum absolute atomic E-state index is 0.0172. The summed E-state index contributed by atoms with van der Waals surface area (Å²) in [4.78, 5) is 10.9. The Kier molecular flexibility index (Phi) is 4.00. The maximum atomic E-state index is 13.0. The molecule has 6 nitrogen and oxygen atoms in total. The van der Waals surface area contributed by atoms with Gasteiger partial charge in [0.05, 0.1) is 0 Å². The molecule has 1 aliphatic rings. The van der Waals surface area contributed by atoms with E-state index < -0.39 is 25.1 Å². The minimum atomic E-state index is -3.79. The molecule has 0 fully saturated rings. The van der Waals surface area contributed by atoms with Crippen molar-refractivity contribution in [2.75, 3.05) is 13.7 Å². The summed E-state index contributed by atoms with van der Waals surface area (Å²) >= 11 is 3.12. The van der Waals surface area contributed by atoms with E-state index in [1.54, 1.807) is 0 Å². The van der Waals surface area contributed by atoms with Gasteiger partial charge in [0, 0.05) is 17.1 Å². The second-order valence-electron chi connectivity index (χ2n) is 3.82. The number of fused-ring (bicyclic) bond motifs is 1. The lowest BCUT2D eigenvalue weighted by Gasteiger charge is -2.15. The standard InChI is InChI=1S/C11H10BrF2NO5/c1-15-10(17)18-4-6(16)8-5(12)2-3-7-9(8)20-11(13,14)19-7/h2-3,6,16H,4H2,1H3,(H,15,17). The fourth-order valence-electron chi connectivity index (χ4n) is 1.63. The van der Waals surface area contributed by atoms with Gasteiger partial charge < -0.3 is 24.6 Å². The smallest absolute Gasteiger partial charge is 0.446 e. The first-order chi connectivity index (χ1) is 9.34. The number of alkyl carbamates (subject to hydrolysis) is 1. The van der Waals surface area contributed by atoms with Crippen molar-refractivity contribution in [3.8, 4) is 11.5 Å². The summed E-state index contributed by atoms with van der Waals surface area (Å²) in [7, 11) is 1.35. The van der Waals surface area contributed by atoms with E-state index in [1.807, 2.05) is 0 Å². The van der Waals surface area contributed by atoms with Crippen LogP contribution in [0.5, 0.6) is 11.5 Å². The van der Waals surface area contributed by atoms with E-state index in [4.69, 9.17) is 0 Å². The molecule has 1 heterocycles. The van der Waals surface area contributed by atoms with Crippen LogP contribution in [0.4, 0.5) is 13.6 Å². The number of rotatable bonds is 3. The van der Waals surface area contributed by atoms with Crippen LogP contribution in [0.15, 0.2) is 16.6 Å². The van der Waals surface area contributed by atoms with Crippen LogP contribution in [-0.2, 0) is 4.74 Å². The molecule has 110 valence electrons. The van der Waals surface area contributed by atoms with Gasteiger partial charge in [-0.2, -0.15) is 0 Å². The highest BCUT2D eigenvalue weighted by molar-refractivity contribution is 9.10. The molecule has 0 aliphatic carbocycles. The number of benzene rings is 1. The Bertz CT molecular complexity index is 540. The van der Waals surface area contributed by atoms with Gasteiger partial charge in [0.2, 0.25) is 0 Å². The van der Waals surface area contributed by atoms with Crippen molar-refractivity contribution < 1.29 is 32.9 Å². The van der Waals surface area contributed by atoms with E-state index in [1.165, 1.54) is 19.2 Å². The molecule has 1 aromatic carbocycles. The molecule has 1 aliphatic heterocycles. The van der Waals surface area contributed by atoms with Crippen LogP contribution in [0.1, 0.15) is 11.7 Å². The number of hydrogen-bond acceptors (Lipinski definition) is 5. The molecule has 0 bridgehead atoms. The van der Waals surface area contributed by atoms with Gasteiger partial charge in [0.25, 0.3) is 0 Å². The van der Waals surface area contributed by atoms with Crippen LogP contribution in [0.3, 0.4) is 0 Å². The second-order valence-corrected chi connectivity index (χ2v) is 4.67. The molecule has 1 atom stereocenters. The number of aliphatic hydroxyl groups excluding tert-OH is 1. The van der Waals surface area contributed by atoms with Crippen LogP contribution < -0.4 is 14.8 Å². The van der Waals surface area contributed by atoms with Crippen molar-refractivity contribution in [2.24, 2.45) is 0 Å². The average molecular weight is 354 g/mol. The SMILES string of the molecule is CNC(=O)OCC(O)c1c(Br)ccc2c1OC(F)(F)O2. The summed E-state index contributed by atoms with van der Waals surface area (Å²) in [5, 5.41) is 12.2. The van der Waals surface area contributed by atoms with Gasteiger partial charge in [-0.3, -0.25) is 0 Å². The number of halogens is 3. The summed E-state index contributed by atoms with van der Waals surface area (Å²) in [5.41, 5.74) is 0.0172. The Labute approximate surface area is 120 Å². The third-order valence-electron chi connectivity index (χ3n) is 2.47. The molecule has 9 heteroatoms. The highest BCUT2D eigenvalue weighted by Gasteiger charge is 2.45. The highest BCUT2D eigenvalue weighted by atomic mass is 79.9. The number of hydrogen-bond donors (Lipinski definition) is 2. The van der Waals surface area contributed by atoms with Crippen molar-refractivity contribution in [2.45, 2.75) is 12.4 Å². The third kappa shape index (κ3) is 2.93. The molecule has 1 unspecified atom stereocenters. The van der Waals surface area contributed by atoms with Crippen LogP contribution in [0, 0.1) is 0 Å². The summed E-state index contributed by atoms with van der Waals surface area (Å²) in [6, 6.07) is 2.69. The summed E-state index contributed by atoms with van der Waals surface area (Å²) in [6.45, 7) is -0.427. The highest BCUT2D eigenvalue weighted by Crippen LogP contribution is 2.47. The van der Waals surface area contributed by atoms with Crippen LogP contribution in [-0.4, -0.2) is 31.1 Å². The zero-order valence-electron chi connectivity index (χ0n) is 10.2. The quantitative estimate of drug-likeness (QED) is 0.870. The zero-order valence-corrected chi connectivity index (χ0v) is 11.7. The van der Waals surface area contributed by atoms with Crippen molar-refractivity contribution in [1.29, 1.82) is 0 Å². The molecule has 0 aromatic heterocycles. The van der Waals surface area contributed by atoms with Gasteiger partial charge in [0.1, 0.15) is 12.7 Å². The van der Waals surface area contributed by atoms with Crippen molar-refractivity contribution >= 4 is 22.0 Å². The van der Waals surface area contributed by atoms with Crippen molar-refractivity contribution in [3.05, 3.63) is 22.2 Å². The Morgan fingerprint density at radius 3 is 2.90 bits per heavy atom. The van der Waals surface area contributed by atoms with E-state index in [2.05, 4.69) is 35.5 Å². The second kappa shape index (κ2) is 5.41. The predicted octanol–water partition coefficient (Wildman–Crippen LogP) is 2.16. The molecular formula is C11H10BrF2NO5. The van der Waals surface area contributed by atoms with E-state index in [0.717, 1.165) is 0 Å². The number of ether oxygens (including phenoxy) is 3. The van der Waals surface area contributed by atoms with Gasteiger partial charge in [-0.1, -0.05) is 15.9 Å². The lowest BCUT2D eigenvalue weighted by atomic mass is 10.1. The molecule has 1 aromatic rings. The van der Waals surface area contributed by atoms with Gasteiger partial charge in [-0.05, 0) is 12.1 Å². The fourth-order valence-corrected chi connectivity index (χ4v) is 2.21. The van der Waals surface area contributed by atoms with E-state index in [9.17, 15) is 18.7 Å². The molecule has 2 N–H and O–H groups in total. The Morgan fingerprint density at radius 2 is 2.25 bits per heavy atom. The number of nitrogens with one attached hydrogen (secondary N) is 1. The van der Waals surface area contributed by atoms with E-state index >= 15 is 0 Å². The van der Waals surface area contributed by atoms with Crippen LogP contribution >= 0.6 is 15.9 Å². The number of carbonyl (C=O) groups excluding carboxylic acids is 1. The number of amides is 1. The third-order valence-corrected chi connectivity index (χ3v) is 3.16. The van der Waals surface area contributed by atoms with Crippen molar-refractivity contribution in [3.63, 3.8) is 0 Å². The molecular weight excluding hydrogens is 344 g/mol. The largest absolute Gasteiger partial charge is 0.586 e. The first kappa shape index (κ1) is 14.8. The van der Waals surface area contributed by atoms with Gasteiger partial charge in [-0.15, -0.1) is 8.78 Å². The molecule has 0 spiro atoms. The van der Waals surface area contributed by atoms with Gasteiger partial charge in [0.15, 0.2) is 11.5 Å². The fraction of sp³-hybridized carbons (Fsp3) is 0.364.